The molecule has 0 spiro atoms. The average Bonchev–Trinajstić information content (AvgIpc) is 3.41. The molecule has 1 saturated heterocycles. The maximum absolute atomic E-state index is 13.6. The van der Waals surface area contributed by atoms with Crippen LogP contribution in [-0.2, 0) is 16.1 Å². The number of anilines is 1. The van der Waals surface area contributed by atoms with Gasteiger partial charge >= 0.3 is 0 Å². The van der Waals surface area contributed by atoms with Crippen LogP contribution in [0.3, 0.4) is 0 Å². The number of fused-ring (bicyclic) bond motifs is 1. The number of benzene rings is 2. The highest BCUT2D eigenvalue weighted by atomic mass is 79.9. The number of nitrogens with zero attached hydrogens (tertiary/aromatic N) is 2. The predicted molar refractivity (Wildman–Crippen MR) is 128 cm³/mol. The number of carbonyl (C=O) groups excluding carboxylic acids is 2. The lowest BCUT2D eigenvalue weighted by Crippen LogP contribution is -2.37. The zero-order chi connectivity index (χ0) is 20.8. The third-order valence-electron chi connectivity index (χ3n) is 5.88. The molecule has 2 aromatic carbocycles. The van der Waals surface area contributed by atoms with Crippen LogP contribution in [0.5, 0.6) is 0 Å². The molecular weight excluding hydrogens is 480 g/mol. The maximum Gasteiger partial charge on any atom is 0.267 e. The number of halogens is 1. The Balaban J connectivity index is 1.58. The van der Waals surface area contributed by atoms with Gasteiger partial charge in [0.1, 0.15) is 4.32 Å². The molecule has 7 heteroatoms. The van der Waals surface area contributed by atoms with Gasteiger partial charge in [0, 0.05) is 16.1 Å². The molecule has 0 bridgehead atoms. The van der Waals surface area contributed by atoms with Gasteiger partial charge in [0.25, 0.3) is 11.8 Å². The second-order valence-electron chi connectivity index (χ2n) is 7.72. The summed E-state index contributed by atoms with van der Waals surface area (Å²) in [4.78, 5) is 30.9. The summed E-state index contributed by atoms with van der Waals surface area (Å²) in [5.74, 6) is -0.258. The lowest BCUT2D eigenvalue weighted by atomic mass is 10.1. The molecule has 30 heavy (non-hydrogen) atoms. The van der Waals surface area contributed by atoms with E-state index in [-0.39, 0.29) is 17.9 Å². The largest absolute Gasteiger partial charge is 0.303 e. The number of thiocarbonyl (C=S) groups is 1. The second kappa shape index (κ2) is 7.94. The third kappa shape index (κ3) is 3.33. The molecule has 0 radical (unpaired) electrons. The van der Waals surface area contributed by atoms with E-state index >= 15 is 0 Å². The minimum absolute atomic E-state index is 0.118. The number of hydrogen-bond acceptors (Lipinski definition) is 4. The molecule has 0 N–H and O–H groups in total. The predicted octanol–water partition coefficient (Wildman–Crippen LogP) is 5.51. The molecule has 2 amide bonds. The minimum atomic E-state index is -0.140. The minimum Gasteiger partial charge on any atom is -0.303 e. The first-order valence-corrected chi connectivity index (χ1v) is 12.0. The van der Waals surface area contributed by atoms with Crippen LogP contribution < -0.4 is 4.90 Å². The molecule has 0 unspecified atom stereocenters. The summed E-state index contributed by atoms with van der Waals surface area (Å²) in [5, 5.41) is 0. The molecule has 1 aliphatic carbocycles. The number of hydrogen-bond donors (Lipinski definition) is 0. The van der Waals surface area contributed by atoms with Crippen molar-refractivity contribution in [1.29, 1.82) is 0 Å². The van der Waals surface area contributed by atoms with Crippen molar-refractivity contribution in [2.24, 2.45) is 0 Å². The van der Waals surface area contributed by atoms with Crippen molar-refractivity contribution in [1.82, 2.24) is 4.90 Å². The Morgan fingerprint density at radius 1 is 1.03 bits per heavy atom. The van der Waals surface area contributed by atoms with Gasteiger partial charge in [-0.15, -0.1) is 0 Å². The molecule has 2 aromatic rings. The zero-order valence-electron chi connectivity index (χ0n) is 16.1. The number of carbonyl (C=O) groups is 2. The van der Waals surface area contributed by atoms with Gasteiger partial charge in [-0.3, -0.25) is 14.5 Å². The molecule has 0 aromatic heterocycles. The van der Waals surface area contributed by atoms with Crippen LogP contribution in [0.1, 0.15) is 36.8 Å². The normalized spacial score (nSPS) is 21.8. The quantitative estimate of drug-likeness (QED) is 0.413. The molecule has 1 saturated carbocycles. The number of rotatable bonds is 3. The highest BCUT2D eigenvalue weighted by Crippen LogP contribution is 2.47. The van der Waals surface area contributed by atoms with Crippen molar-refractivity contribution >= 4 is 67.3 Å². The van der Waals surface area contributed by atoms with Crippen LogP contribution in [0.15, 0.2) is 57.9 Å². The van der Waals surface area contributed by atoms with E-state index in [0.717, 1.165) is 47.0 Å². The van der Waals surface area contributed by atoms with E-state index in [1.165, 1.54) is 11.8 Å². The summed E-state index contributed by atoms with van der Waals surface area (Å²) in [5.41, 5.74) is 3.13. The molecule has 4 nitrogen and oxygen atoms in total. The smallest absolute Gasteiger partial charge is 0.267 e. The van der Waals surface area contributed by atoms with E-state index < -0.39 is 0 Å². The Morgan fingerprint density at radius 3 is 2.50 bits per heavy atom. The van der Waals surface area contributed by atoms with Crippen LogP contribution in [0.25, 0.3) is 5.57 Å². The maximum atomic E-state index is 13.6. The van der Waals surface area contributed by atoms with Crippen molar-refractivity contribution in [2.75, 3.05) is 4.90 Å². The van der Waals surface area contributed by atoms with Crippen molar-refractivity contribution < 1.29 is 9.59 Å². The van der Waals surface area contributed by atoms with E-state index in [1.54, 1.807) is 9.80 Å². The summed E-state index contributed by atoms with van der Waals surface area (Å²) in [6.45, 7) is 0.459. The van der Waals surface area contributed by atoms with Crippen LogP contribution >= 0.6 is 39.9 Å². The summed E-state index contributed by atoms with van der Waals surface area (Å²) in [6, 6.07) is 15.8. The van der Waals surface area contributed by atoms with E-state index in [9.17, 15) is 9.59 Å². The van der Waals surface area contributed by atoms with Crippen LogP contribution in [-0.4, -0.2) is 27.1 Å². The first-order valence-electron chi connectivity index (χ1n) is 10.00. The zero-order valence-corrected chi connectivity index (χ0v) is 19.4. The lowest BCUT2D eigenvalue weighted by Gasteiger charge is -2.22. The third-order valence-corrected chi connectivity index (χ3v) is 7.77. The van der Waals surface area contributed by atoms with Gasteiger partial charge < -0.3 is 4.90 Å². The van der Waals surface area contributed by atoms with Crippen molar-refractivity contribution in [3.05, 3.63) is 69.0 Å². The number of thioether (sulfide) groups is 1. The fraction of sp³-hybridized carbons (Fsp3) is 0.261. The van der Waals surface area contributed by atoms with Gasteiger partial charge in [-0.05, 0) is 36.6 Å². The fourth-order valence-electron chi connectivity index (χ4n) is 4.45. The SMILES string of the molecule is O=C1C(=C2SC(=S)N(C3CCCC3)C2=O)c2cc(Br)ccc2N1Cc1ccccc1. The second-order valence-corrected chi connectivity index (χ2v) is 10.3. The van der Waals surface area contributed by atoms with Crippen molar-refractivity contribution in [2.45, 2.75) is 38.3 Å². The van der Waals surface area contributed by atoms with Gasteiger partial charge in [-0.25, -0.2) is 0 Å². The standard InChI is InChI=1S/C23H19BrN2O2S2/c24-15-10-11-18-17(12-15)19(21(27)25(18)13-14-6-2-1-3-7-14)20-22(28)26(23(29)30-20)16-8-4-5-9-16/h1-3,6-7,10-12,16H,4-5,8-9,13H2. The van der Waals surface area contributed by atoms with Gasteiger partial charge in [-0.1, -0.05) is 83.1 Å². The summed E-state index contributed by atoms with van der Waals surface area (Å²) in [7, 11) is 0. The van der Waals surface area contributed by atoms with Gasteiger partial charge in [0.2, 0.25) is 0 Å². The molecule has 152 valence electrons. The van der Waals surface area contributed by atoms with E-state index in [4.69, 9.17) is 12.2 Å². The van der Waals surface area contributed by atoms with Gasteiger partial charge in [0.05, 0.1) is 22.7 Å². The van der Waals surface area contributed by atoms with E-state index in [1.807, 2.05) is 48.5 Å². The fourth-order valence-corrected chi connectivity index (χ4v) is 6.29. The Morgan fingerprint density at radius 2 is 1.77 bits per heavy atom. The van der Waals surface area contributed by atoms with Gasteiger partial charge in [-0.2, -0.15) is 0 Å². The molecule has 3 aliphatic rings. The Kier molecular flexibility index (Phi) is 5.29. The van der Waals surface area contributed by atoms with Crippen LogP contribution in [0.2, 0.25) is 0 Å². The van der Waals surface area contributed by atoms with Crippen molar-refractivity contribution in [3.63, 3.8) is 0 Å². The topological polar surface area (TPSA) is 40.6 Å². The highest BCUT2D eigenvalue weighted by Gasteiger charge is 2.44. The van der Waals surface area contributed by atoms with E-state index in [2.05, 4.69) is 15.9 Å². The van der Waals surface area contributed by atoms with E-state index in [0.29, 0.717) is 21.3 Å². The van der Waals surface area contributed by atoms with Crippen LogP contribution in [0, 0.1) is 0 Å². The summed E-state index contributed by atoms with van der Waals surface area (Å²) >= 11 is 10.4. The Labute approximate surface area is 193 Å². The monoisotopic (exact) mass is 498 g/mol. The van der Waals surface area contributed by atoms with Crippen LogP contribution in [0.4, 0.5) is 5.69 Å². The Bertz CT molecular complexity index is 1090. The Hall–Kier alpha value is -1.96. The summed E-state index contributed by atoms with van der Waals surface area (Å²) < 4.78 is 1.44. The molecular formula is C23H19BrN2O2S2. The molecule has 2 aliphatic heterocycles. The first kappa shape index (κ1) is 20.0. The summed E-state index contributed by atoms with van der Waals surface area (Å²) in [6.07, 6.45) is 4.19. The highest BCUT2D eigenvalue weighted by molar-refractivity contribution is 9.10. The molecule has 5 rings (SSSR count). The molecule has 2 fully saturated rings. The van der Waals surface area contributed by atoms with Gasteiger partial charge in [0.15, 0.2) is 0 Å². The lowest BCUT2D eigenvalue weighted by molar-refractivity contribution is -0.123. The molecule has 2 heterocycles. The number of amides is 2. The average molecular weight is 499 g/mol. The molecule has 0 atom stereocenters. The van der Waals surface area contributed by atoms with Crippen molar-refractivity contribution in [3.8, 4) is 0 Å². The first-order chi connectivity index (χ1) is 14.5.